The molecule has 94 valence electrons. The summed E-state index contributed by atoms with van der Waals surface area (Å²) < 4.78 is 38.5. The molecule has 0 spiro atoms. The Hall–Kier alpha value is -1.71. The number of fused-ring (bicyclic) bond motifs is 1. The summed E-state index contributed by atoms with van der Waals surface area (Å²) in [6, 6.07) is 12.9. The summed E-state index contributed by atoms with van der Waals surface area (Å²) in [6.45, 7) is 0. The minimum Gasteiger partial charge on any atom is -0.371 e. The summed E-state index contributed by atoms with van der Waals surface area (Å²) in [7, 11) is 0. The summed E-state index contributed by atoms with van der Waals surface area (Å²) in [5.41, 5.74) is -1.17. The number of nitrogens with one attached hydrogen (secondary N) is 1. The van der Waals surface area contributed by atoms with Gasteiger partial charge in [0, 0.05) is 5.69 Å². The lowest BCUT2D eigenvalue weighted by Crippen LogP contribution is -2.38. The van der Waals surface area contributed by atoms with E-state index in [1.807, 2.05) is 30.3 Å². The Morgan fingerprint density at radius 2 is 1.61 bits per heavy atom. The van der Waals surface area contributed by atoms with E-state index in [4.69, 9.17) is 0 Å². The second kappa shape index (κ2) is 3.64. The number of rotatable bonds is 2. The van der Waals surface area contributed by atoms with Gasteiger partial charge in [0.25, 0.3) is 0 Å². The highest BCUT2D eigenvalue weighted by atomic mass is 19.4. The maximum absolute atomic E-state index is 12.8. The molecule has 0 bridgehead atoms. The predicted molar refractivity (Wildman–Crippen MR) is 65.6 cm³/mol. The Morgan fingerprint density at radius 3 is 2.22 bits per heavy atom. The summed E-state index contributed by atoms with van der Waals surface area (Å²) in [5, 5.41) is 4.61. The van der Waals surface area contributed by atoms with Gasteiger partial charge in [0.05, 0.1) is 0 Å². The molecular formula is C14H12F3N. The highest BCUT2D eigenvalue weighted by Crippen LogP contribution is 2.51. The lowest BCUT2D eigenvalue weighted by molar-refractivity contribution is -0.151. The number of alkyl halides is 3. The van der Waals surface area contributed by atoms with Crippen molar-refractivity contribution in [3.63, 3.8) is 0 Å². The van der Waals surface area contributed by atoms with E-state index in [-0.39, 0.29) is 12.8 Å². The van der Waals surface area contributed by atoms with Crippen LogP contribution in [0.3, 0.4) is 0 Å². The first-order valence-electron chi connectivity index (χ1n) is 5.84. The first kappa shape index (κ1) is 11.4. The molecule has 1 nitrogen and oxygen atoms in total. The van der Waals surface area contributed by atoms with Gasteiger partial charge in [-0.2, -0.15) is 13.2 Å². The molecular weight excluding hydrogens is 239 g/mol. The van der Waals surface area contributed by atoms with E-state index >= 15 is 0 Å². The molecule has 0 saturated heterocycles. The van der Waals surface area contributed by atoms with Crippen LogP contribution in [0.25, 0.3) is 10.8 Å². The van der Waals surface area contributed by atoms with Gasteiger partial charge in [-0.05, 0) is 35.7 Å². The van der Waals surface area contributed by atoms with E-state index in [0.717, 1.165) is 10.8 Å². The number of hydrogen-bond acceptors (Lipinski definition) is 1. The molecule has 1 N–H and O–H groups in total. The van der Waals surface area contributed by atoms with Crippen molar-refractivity contribution in [3.8, 4) is 0 Å². The summed E-state index contributed by atoms with van der Waals surface area (Å²) in [4.78, 5) is 0. The second-order valence-corrected chi connectivity index (χ2v) is 4.77. The van der Waals surface area contributed by atoms with Gasteiger partial charge >= 0.3 is 6.18 Å². The second-order valence-electron chi connectivity index (χ2n) is 4.77. The average Bonchev–Trinajstić information content (AvgIpc) is 3.09. The maximum atomic E-state index is 12.8. The van der Waals surface area contributed by atoms with Crippen molar-refractivity contribution in [1.29, 1.82) is 0 Å². The molecule has 18 heavy (non-hydrogen) atoms. The van der Waals surface area contributed by atoms with E-state index in [0.29, 0.717) is 5.69 Å². The highest BCUT2D eigenvalue weighted by Gasteiger charge is 2.63. The molecule has 0 amide bonds. The molecule has 2 aromatic rings. The Balaban J connectivity index is 1.92. The van der Waals surface area contributed by atoms with Crippen molar-refractivity contribution in [2.45, 2.75) is 24.6 Å². The number of hydrogen-bond donors (Lipinski definition) is 1. The highest BCUT2D eigenvalue weighted by molar-refractivity contribution is 5.85. The molecule has 2 aromatic carbocycles. The van der Waals surface area contributed by atoms with Crippen LogP contribution in [0.5, 0.6) is 0 Å². The quantitative estimate of drug-likeness (QED) is 0.836. The van der Waals surface area contributed by atoms with Crippen LogP contribution in [0.4, 0.5) is 18.9 Å². The lowest BCUT2D eigenvalue weighted by Gasteiger charge is -2.22. The van der Waals surface area contributed by atoms with Gasteiger partial charge in [-0.15, -0.1) is 0 Å². The fourth-order valence-corrected chi connectivity index (χ4v) is 2.15. The third-order valence-electron chi connectivity index (χ3n) is 3.43. The fraction of sp³-hybridized carbons (Fsp3) is 0.286. The van der Waals surface area contributed by atoms with Crippen molar-refractivity contribution in [3.05, 3.63) is 42.5 Å². The van der Waals surface area contributed by atoms with Gasteiger partial charge in [-0.3, -0.25) is 0 Å². The minimum absolute atomic E-state index is 0.156. The number of halogens is 3. The molecule has 0 heterocycles. The molecule has 0 unspecified atom stereocenters. The van der Waals surface area contributed by atoms with Gasteiger partial charge in [0.15, 0.2) is 0 Å². The van der Waals surface area contributed by atoms with Crippen molar-refractivity contribution in [2.24, 2.45) is 0 Å². The Kier molecular flexibility index (Phi) is 2.30. The van der Waals surface area contributed by atoms with E-state index in [9.17, 15) is 13.2 Å². The zero-order valence-electron chi connectivity index (χ0n) is 9.59. The largest absolute Gasteiger partial charge is 0.411 e. The van der Waals surface area contributed by atoms with Crippen molar-refractivity contribution >= 4 is 16.5 Å². The normalized spacial score (nSPS) is 17.7. The molecule has 0 atom stereocenters. The van der Waals surface area contributed by atoms with Crippen molar-refractivity contribution < 1.29 is 13.2 Å². The van der Waals surface area contributed by atoms with Crippen LogP contribution in [0, 0.1) is 0 Å². The van der Waals surface area contributed by atoms with E-state index < -0.39 is 11.7 Å². The minimum atomic E-state index is -4.18. The molecule has 4 heteroatoms. The lowest BCUT2D eigenvalue weighted by atomic mass is 10.1. The third kappa shape index (κ3) is 1.82. The number of anilines is 1. The van der Waals surface area contributed by atoms with Gasteiger partial charge in [-0.1, -0.05) is 30.3 Å². The molecule has 1 aliphatic rings. The molecule has 3 rings (SSSR count). The third-order valence-corrected chi connectivity index (χ3v) is 3.43. The smallest absolute Gasteiger partial charge is 0.371 e. The number of benzene rings is 2. The van der Waals surface area contributed by atoms with Gasteiger partial charge < -0.3 is 5.32 Å². The zero-order valence-corrected chi connectivity index (χ0v) is 9.59. The zero-order chi connectivity index (χ0) is 12.8. The maximum Gasteiger partial charge on any atom is 0.411 e. The van der Waals surface area contributed by atoms with E-state index in [2.05, 4.69) is 5.32 Å². The SMILES string of the molecule is FC(F)(F)C1(Nc2ccc3ccccc3c2)CC1. The standard InChI is InChI=1S/C14H12F3N/c15-14(16,17)13(7-8-13)18-12-6-5-10-3-1-2-4-11(10)9-12/h1-6,9,18H,7-8H2. The van der Waals surface area contributed by atoms with Crippen molar-refractivity contribution in [1.82, 2.24) is 0 Å². The summed E-state index contributed by atoms with van der Waals surface area (Å²) in [5.74, 6) is 0. The topological polar surface area (TPSA) is 12.0 Å². The van der Waals surface area contributed by atoms with Crippen LogP contribution in [0.2, 0.25) is 0 Å². The van der Waals surface area contributed by atoms with E-state index in [1.54, 1.807) is 12.1 Å². The predicted octanol–water partition coefficient (Wildman–Crippen LogP) is 4.35. The molecule has 0 aromatic heterocycles. The van der Waals surface area contributed by atoms with Crippen LogP contribution in [-0.2, 0) is 0 Å². The summed E-state index contributed by atoms with van der Waals surface area (Å²) >= 11 is 0. The summed E-state index contributed by atoms with van der Waals surface area (Å²) in [6.07, 6.45) is -3.87. The first-order valence-corrected chi connectivity index (χ1v) is 5.84. The van der Waals surface area contributed by atoms with E-state index in [1.165, 1.54) is 0 Å². The molecule has 1 saturated carbocycles. The van der Waals surface area contributed by atoms with Crippen LogP contribution >= 0.6 is 0 Å². The van der Waals surface area contributed by atoms with Crippen molar-refractivity contribution in [2.75, 3.05) is 5.32 Å². The first-order chi connectivity index (χ1) is 8.50. The monoisotopic (exact) mass is 251 g/mol. The van der Waals surface area contributed by atoms with Crippen LogP contribution in [0.1, 0.15) is 12.8 Å². The van der Waals surface area contributed by atoms with Crippen LogP contribution in [-0.4, -0.2) is 11.7 Å². The van der Waals surface area contributed by atoms with Gasteiger partial charge in [-0.25, -0.2) is 0 Å². The molecule has 1 aliphatic carbocycles. The Bertz CT molecular complexity index is 585. The average molecular weight is 251 g/mol. The fourth-order valence-electron chi connectivity index (χ4n) is 2.15. The molecule has 0 aliphatic heterocycles. The molecule has 1 fully saturated rings. The van der Waals surface area contributed by atoms with Gasteiger partial charge in [0.2, 0.25) is 0 Å². The van der Waals surface area contributed by atoms with Gasteiger partial charge in [0.1, 0.15) is 5.54 Å². The van der Waals surface area contributed by atoms with Crippen LogP contribution < -0.4 is 5.32 Å². The molecule has 0 radical (unpaired) electrons. The van der Waals surface area contributed by atoms with Crippen LogP contribution in [0.15, 0.2) is 42.5 Å². The Morgan fingerprint density at radius 1 is 0.944 bits per heavy atom. The Labute approximate surface area is 103 Å².